The monoisotopic (exact) mass is 352 g/mol. The van der Waals surface area contributed by atoms with Gasteiger partial charge in [0, 0.05) is 4.88 Å². The summed E-state index contributed by atoms with van der Waals surface area (Å²) in [5.41, 5.74) is 3.29. The number of rotatable bonds is 6. The molecule has 0 aliphatic carbocycles. The van der Waals surface area contributed by atoms with E-state index in [0.29, 0.717) is 6.42 Å². The molecule has 3 rings (SSSR count). The Morgan fingerprint density at radius 1 is 1.08 bits per heavy atom. The van der Waals surface area contributed by atoms with E-state index in [9.17, 15) is 9.90 Å². The first-order valence-electron chi connectivity index (χ1n) is 8.14. The van der Waals surface area contributed by atoms with Crippen molar-refractivity contribution in [3.8, 4) is 11.5 Å². The summed E-state index contributed by atoms with van der Waals surface area (Å²) >= 11 is 1.48. The van der Waals surface area contributed by atoms with Crippen LogP contribution in [0.1, 0.15) is 27.5 Å². The van der Waals surface area contributed by atoms with Gasteiger partial charge >= 0.3 is 5.97 Å². The summed E-state index contributed by atoms with van der Waals surface area (Å²) in [7, 11) is 0. The first-order chi connectivity index (χ1) is 12.0. The van der Waals surface area contributed by atoms with Crippen molar-refractivity contribution in [1.82, 2.24) is 0 Å². The fraction of sp³-hybridized carbons (Fsp3) is 0.190. The molecule has 4 heteroatoms. The van der Waals surface area contributed by atoms with Crippen LogP contribution in [0.5, 0.6) is 11.5 Å². The first-order valence-corrected chi connectivity index (χ1v) is 9.02. The highest BCUT2D eigenvalue weighted by molar-refractivity contribution is 7.10. The van der Waals surface area contributed by atoms with Gasteiger partial charge in [0.25, 0.3) is 0 Å². The molecule has 0 amide bonds. The predicted octanol–water partition coefficient (Wildman–Crippen LogP) is 5.57. The van der Waals surface area contributed by atoms with Gasteiger partial charge in [0.15, 0.2) is 0 Å². The van der Waals surface area contributed by atoms with E-state index >= 15 is 0 Å². The Morgan fingerprint density at radius 3 is 2.48 bits per heavy atom. The Kier molecular flexibility index (Phi) is 5.19. The number of hydrogen-bond donors (Lipinski definition) is 1. The number of thiophene rings is 1. The summed E-state index contributed by atoms with van der Waals surface area (Å²) in [6, 6.07) is 17.4. The molecule has 1 atom stereocenters. The van der Waals surface area contributed by atoms with E-state index in [1.165, 1.54) is 16.9 Å². The van der Waals surface area contributed by atoms with Crippen LogP contribution in [0.4, 0.5) is 0 Å². The molecule has 3 nitrogen and oxygen atoms in total. The third-order valence-corrected chi connectivity index (χ3v) is 5.32. The molecule has 0 spiro atoms. The van der Waals surface area contributed by atoms with Crippen LogP contribution >= 0.6 is 11.3 Å². The van der Waals surface area contributed by atoms with Gasteiger partial charge in [0.1, 0.15) is 11.5 Å². The average Bonchev–Trinajstić information content (AvgIpc) is 3.12. The van der Waals surface area contributed by atoms with Gasteiger partial charge in [-0.25, -0.2) is 0 Å². The summed E-state index contributed by atoms with van der Waals surface area (Å²) in [4.78, 5) is 12.4. The summed E-state index contributed by atoms with van der Waals surface area (Å²) in [5.74, 6) is 0.291. The van der Waals surface area contributed by atoms with Crippen LogP contribution in [0.2, 0.25) is 0 Å². The molecule has 3 aromatic rings. The maximum Gasteiger partial charge on any atom is 0.312 e. The van der Waals surface area contributed by atoms with Gasteiger partial charge in [-0.1, -0.05) is 30.3 Å². The molecule has 1 unspecified atom stereocenters. The number of benzene rings is 2. The van der Waals surface area contributed by atoms with Crippen LogP contribution in [-0.4, -0.2) is 11.1 Å². The lowest BCUT2D eigenvalue weighted by Gasteiger charge is -2.13. The molecule has 0 aliphatic heterocycles. The van der Waals surface area contributed by atoms with E-state index < -0.39 is 11.9 Å². The minimum Gasteiger partial charge on any atom is -0.481 e. The van der Waals surface area contributed by atoms with E-state index in [0.717, 1.165) is 27.5 Å². The zero-order valence-electron chi connectivity index (χ0n) is 14.2. The zero-order chi connectivity index (χ0) is 17.8. The molecular weight excluding hydrogens is 332 g/mol. The molecule has 128 valence electrons. The largest absolute Gasteiger partial charge is 0.481 e. The number of carbonyl (C=O) groups is 1. The van der Waals surface area contributed by atoms with Gasteiger partial charge in [0.2, 0.25) is 0 Å². The summed E-state index contributed by atoms with van der Waals surface area (Å²) in [5, 5.41) is 11.4. The SMILES string of the molecule is Cc1cccc(Oc2ccc(CC(C(=O)O)c3cccs3)cc2)c1C. The number of ether oxygens (including phenoxy) is 1. The number of carboxylic acids is 1. The Balaban J connectivity index is 1.74. The standard InChI is InChI=1S/C21H20O3S/c1-14-5-3-6-19(15(14)2)24-17-10-8-16(9-11-17)13-18(21(22)23)20-7-4-12-25-20/h3-12,18H,13H2,1-2H3,(H,22,23). The van der Waals surface area contributed by atoms with Crippen molar-refractivity contribution in [2.24, 2.45) is 0 Å². The van der Waals surface area contributed by atoms with Crippen LogP contribution in [-0.2, 0) is 11.2 Å². The maximum atomic E-state index is 11.6. The topological polar surface area (TPSA) is 46.5 Å². The highest BCUT2D eigenvalue weighted by Crippen LogP contribution is 2.29. The average molecular weight is 352 g/mol. The molecule has 2 aromatic carbocycles. The maximum absolute atomic E-state index is 11.6. The van der Waals surface area contributed by atoms with Crippen molar-refractivity contribution in [2.45, 2.75) is 26.2 Å². The summed E-state index contributed by atoms with van der Waals surface area (Å²) in [6.07, 6.45) is 0.472. The highest BCUT2D eigenvalue weighted by Gasteiger charge is 2.21. The third-order valence-electron chi connectivity index (χ3n) is 4.33. The molecule has 0 fully saturated rings. The van der Waals surface area contributed by atoms with E-state index in [2.05, 4.69) is 13.0 Å². The van der Waals surface area contributed by atoms with Crippen molar-refractivity contribution < 1.29 is 14.6 Å². The Labute approximate surface area is 151 Å². The smallest absolute Gasteiger partial charge is 0.312 e. The Morgan fingerprint density at radius 2 is 1.84 bits per heavy atom. The number of hydrogen-bond acceptors (Lipinski definition) is 3. The molecule has 0 radical (unpaired) electrons. The zero-order valence-corrected chi connectivity index (χ0v) is 15.0. The minimum absolute atomic E-state index is 0.472. The lowest BCUT2D eigenvalue weighted by Crippen LogP contribution is -2.13. The third kappa shape index (κ3) is 4.09. The van der Waals surface area contributed by atoms with Crippen LogP contribution < -0.4 is 4.74 Å². The summed E-state index contributed by atoms with van der Waals surface area (Å²) in [6.45, 7) is 4.10. The van der Waals surface area contributed by atoms with Crippen molar-refractivity contribution >= 4 is 17.3 Å². The van der Waals surface area contributed by atoms with Gasteiger partial charge in [0.05, 0.1) is 5.92 Å². The minimum atomic E-state index is -0.793. The van der Waals surface area contributed by atoms with Crippen LogP contribution in [0.25, 0.3) is 0 Å². The predicted molar refractivity (Wildman–Crippen MR) is 101 cm³/mol. The van der Waals surface area contributed by atoms with Crippen molar-refractivity contribution in [3.63, 3.8) is 0 Å². The van der Waals surface area contributed by atoms with Crippen LogP contribution in [0.3, 0.4) is 0 Å². The van der Waals surface area contributed by atoms with Crippen molar-refractivity contribution in [1.29, 1.82) is 0 Å². The number of aliphatic carboxylic acids is 1. The quantitative estimate of drug-likeness (QED) is 0.631. The van der Waals surface area contributed by atoms with E-state index in [4.69, 9.17) is 4.74 Å². The van der Waals surface area contributed by atoms with Gasteiger partial charge in [-0.2, -0.15) is 0 Å². The van der Waals surface area contributed by atoms with Crippen molar-refractivity contribution in [2.75, 3.05) is 0 Å². The van der Waals surface area contributed by atoms with Gasteiger partial charge in [-0.05, 0) is 66.6 Å². The van der Waals surface area contributed by atoms with Crippen LogP contribution in [0.15, 0.2) is 60.0 Å². The molecule has 1 aromatic heterocycles. The van der Waals surface area contributed by atoms with Crippen molar-refractivity contribution in [3.05, 3.63) is 81.5 Å². The normalized spacial score (nSPS) is 11.9. The Bertz CT molecular complexity index is 851. The highest BCUT2D eigenvalue weighted by atomic mass is 32.1. The lowest BCUT2D eigenvalue weighted by atomic mass is 9.98. The number of aryl methyl sites for hydroxylation is 1. The molecule has 0 saturated heterocycles. The first kappa shape index (κ1) is 17.2. The van der Waals surface area contributed by atoms with Gasteiger partial charge in [-0.3, -0.25) is 4.79 Å². The molecule has 0 saturated carbocycles. The molecular formula is C21H20O3S. The lowest BCUT2D eigenvalue weighted by molar-refractivity contribution is -0.138. The van der Waals surface area contributed by atoms with E-state index in [-0.39, 0.29) is 0 Å². The molecule has 1 heterocycles. The van der Waals surface area contributed by atoms with Crippen LogP contribution in [0, 0.1) is 13.8 Å². The fourth-order valence-corrected chi connectivity index (χ4v) is 3.51. The second-order valence-electron chi connectivity index (χ2n) is 6.05. The van der Waals surface area contributed by atoms with E-state index in [1.54, 1.807) is 0 Å². The summed E-state index contributed by atoms with van der Waals surface area (Å²) < 4.78 is 5.96. The molecule has 25 heavy (non-hydrogen) atoms. The Hall–Kier alpha value is -2.59. The second kappa shape index (κ2) is 7.53. The number of carboxylic acid groups (broad SMARTS) is 1. The van der Waals surface area contributed by atoms with Gasteiger partial charge in [-0.15, -0.1) is 11.3 Å². The van der Waals surface area contributed by atoms with E-state index in [1.807, 2.05) is 60.8 Å². The molecule has 0 aliphatic rings. The second-order valence-corrected chi connectivity index (χ2v) is 7.03. The fourth-order valence-electron chi connectivity index (χ4n) is 2.69. The van der Waals surface area contributed by atoms with Gasteiger partial charge < -0.3 is 9.84 Å². The molecule has 1 N–H and O–H groups in total. The molecule has 0 bridgehead atoms.